The van der Waals surface area contributed by atoms with Crippen LogP contribution in [0.2, 0.25) is 0 Å². The van der Waals surface area contributed by atoms with Crippen molar-refractivity contribution in [3.05, 3.63) is 0 Å². The molecule has 0 aromatic rings. The number of hydrogen-bond acceptors (Lipinski definition) is 1. The summed E-state index contributed by atoms with van der Waals surface area (Å²) in [7, 11) is 0. The molecule has 0 aromatic heterocycles. The maximum Gasteiger partial charge on any atom is 0.303 e. The van der Waals surface area contributed by atoms with Gasteiger partial charge in [-0.05, 0) is 37.0 Å². The van der Waals surface area contributed by atoms with E-state index >= 15 is 0 Å². The van der Waals surface area contributed by atoms with Gasteiger partial charge < -0.3 is 5.11 Å². The van der Waals surface area contributed by atoms with E-state index < -0.39 is 5.97 Å². The molecule has 10 heavy (non-hydrogen) atoms. The minimum atomic E-state index is -0.613. The van der Waals surface area contributed by atoms with Gasteiger partial charge >= 0.3 is 5.97 Å². The van der Waals surface area contributed by atoms with E-state index in [0.717, 1.165) is 11.8 Å². The molecule has 0 unspecified atom stereocenters. The van der Waals surface area contributed by atoms with Gasteiger partial charge in [-0.15, -0.1) is 0 Å². The second kappa shape index (κ2) is 1.97. The van der Waals surface area contributed by atoms with Crippen molar-refractivity contribution in [3.8, 4) is 0 Å². The van der Waals surface area contributed by atoms with Gasteiger partial charge in [0, 0.05) is 6.42 Å². The van der Waals surface area contributed by atoms with E-state index in [1.807, 2.05) is 0 Å². The predicted molar refractivity (Wildman–Crippen MR) is 36.6 cm³/mol. The average molecular weight is 140 g/mol. The van der Waals surface area contributed by atoms with Gasteiger partial charge in [-0.25, -0.2) is 0 Å². The van der Waals surface area contributed by atoms with Crippen LogP contribution in [0.3, 0.4) is 0 Å². The highest BCUT2D eigenvalue weighted by molar-refractivity contribution is 5.67. The Morgan fingerprint density at radius 3 is 2.70 bits per heavy atom. The maximum absolute atomic E-state index is 10.3. The largest absolute Gasteiger partial charge is 0.481 e. The van der Waals surface area contributed by atoms with Crippen LogP contribution in [0.25, 0.3) is 0 Å². The first-order chi connectivity index (χ1) is 4.77. The lowest BCUT2D eigenvalue weighted by atomic mass is 10.00. The molecule has 2 rings (SSSR count). The van der Waals surface area contributed by atoms with Crippen molar-refractivity contribution in [2.75, 3.05) is 0 Å². The molecule has 0 spiro atoms. The number of carbonyl (C=O) groups is 1. The Morgan fingerprint density at radius 1 is 1.50 bits per heavy atom. The van der Waals surface area contributed by atoms with E-state index in [-0.39, 0.29) is 0 Å². The van der Waals surface area contributed by atoms with Gasteiger partial charge in [0.1, 0.15) is 0 Å². The molecule has 2 fully saturated rings. The highest BCUT2D eigenvalue weighted by Crippen LogP contribution is 2.56. The molecule has 2 aliphatic carbocycles. The fraction of sp³-hybridized carbons (Fsp3) is 0.875. The summed E-state index contributed by atoms with van der Waals surface area (Å²) >= 11 is 0. The molecule has 2 saturated carbocycles. The molecule has 1 N–H and O–H groups in total. The van der Waals surface area contributed by atoms with Crippen LogP contribution in [0, 0.1) is 17.8 Å². The van der Waals surface area contributed by atoms with Crippen LogP contribution in [0.4, 0.5) is 0 Å². The number of rotatable bonds is 2. The van der Waals surface area contributed by atoms with Gasteiger partial charge in [-0.3, -0.25) is 4.79 Å². The first-order valence-electron chi connectivity index (χ1n) is 3.99. The second-order valence-corrected chi connectivity index (χ2v) is 3.59. The lowest BCUT2D eigenvalue weighted by Gasteiger charge is -2.05. The van der Waals surface area contributed by atoms with Crippen molar-refractivity contribution in [2.45, 2.75) is 25.7 Å². The Bertz CT molecular complexity index is 165. The highest BCUT2D eigenvalue weighted by Gasteiger charge is 2.48. The molecule has 3 atom stereocenters. The molecule has 0 radical (unpaired) electrons. The summed E-state index contributed by atoms with van der Waals surface area (Å²) < 4.78 is 0. The zero-order valence-corrected chi connectivity index (χ0v) is 5.92. The van der Waals surface area contributed by atoms with Crippen LogP contribution in [0.5, 0.6) is 0 Å². The fourth-order valence-corrected chi connectivity index (χ4v) is 2.30. The topological polar surface area (TPSA) is 37.3 Å². The van der Waals surface area contributed by atoms with Gasteiger partial charge in [0.15, 0.2) is 0 Å². The van der Waals surface area contributed by atoms with Crippen molar-refractivity contribution in [1.82, 2.24) is 0 Å². The zero-order chi connectivity index (χ0) is 7.14. The summed E-state index contributed by atoms with van der Waals surface area (Å²) in [4.78, 5) is 10.3. The maximum atomic E-state index is 10.3. The van der Waals surface area contributed by atoms with Crippen LogP contribution in [-0.4, -0.2) is 11.1 Å². The predicted octanol–water partition coefficient (Wildman–Crippen LogP) is 1.51. The third-order valence-corrected chi connectivity index (χ3v) is 2.93. The molecule has 0 heterocycles. The third kappa shape index (κ3) is 0.917. The normalized spacial score (nSPS) is 43.0. The van der Waals surface area contributed by atoms with Crippen molar-refractivity contribution in [3.63, 3.8) is 0 Å². The standard InChI is InChI=1S/C8H12O2/c9-8(10)4-6-2-1-5-3-7(5)6/h5-7H,1-4H2,(H,9,10)/t5-,6+,7+/m1/s1. The molecule has 0 saturated heterocycles. The van der Waals surface area contributed by atoms with Crippen LogP contribution in [-0.2, 0) is 4.79 Å². The van der Waals surface area contributed by atoms with E-state index in [0.29, 0.717) is 12.3 Å². The van der Waals surface area contributed by atoms with Gasteiger partial charge in [0.2, 0.25) is 0 Å². The Kier molecular flexibility index (Phi) is 1.22. The van der Waals surface area contributed by atoms with E-state index in [1.165, 1.54) is 19.3 Å². The quantitative estimate of drug-likeness (QED) is 0.631. The Hall–Kier alpha value is -0.530. The molecule has 2 heteroatoms. The molecular formula is C8H12O2. The minimum absolute atomic E-state index is 0.418. The van der Waals surface area contributed by atoms with E-state index in [1.54, 1.807) is 0 Å². The summed E-state index contributed by atoms with van der Waals surface area (Å²) in [6, 6.07) is 0. The Morgan fingerprint density at radius 2 is 2.30 bits per heavy atom. The molecule has 0 bridgehead atoms. The lowest BCUT2D eigenvalue weighted by molar-refractivity contribution is -0.138. The SMILES string of the molecule is O=C(O)C[C@@H]1CC[C@@H]2C[C@@H]21. The summed E-state index contributed by atoms with van der Waals surface area (Å²) in [5, 5.41) is 8.51. The fourth-order valence-electron chi connectivity index (χ4n) is 2.30. The molecule has 56 valence electrons. The second-order valence-electron chi connectivity index (χ2n) is 3.59. The van der Waals surface area contributed by atoms with Crippen LogP contribution >= 0.6 is 0 Å². The summed E-state index contributed by atoms with van der Waals surface area (Å²) in [6.45, 7) is 0. The number of carboxylic acids is 1. The molecule has 0 aliphatic heterocycles. The Balaban J connectivity index is 1.88. The van der Waals surface area contributed by atoms with Crippen LogP contribution in [0.1, 0.15) is 25.7 Å². The number of carboxylic acid groups (broad SMARTS) is 1. The van der Waals surface area contributed by atoms with Crippen molar-refractivity contribution in [2.24, 2.45) is 17.8 Å². The van der Waals surface area contributed by atoms with Gasteiger partial charge in [-0.2, -0.15) is 0 Å². The van der Waals surface area contributed by atoms with Gasteiger partial charge in [0.25, 0.3) is 0 Å². The van der Waals surface area contributed by atoms with Crippen molar-refractivity contribution >= 4 is 5.97 Å². The number of aliphatic carboxylic acids is 1. The van der Waals surface area contributed by atoms with Gasteiger partial charge in [0.05, 0.1) is 0 Å². The van der Waals surface area contributed by atoms with Gasteiger partial charge in [-0.1, -0.05) is 0 Å². The molecule has 2 nitrogen and oxygen atoms in total. The van der Waals surface area contributed by atoms with Crippen LogP contribution in [0.15, 0.2) is 0 Å². The lowest BCUT2D eigenvalue weighted by Crippen LogP contribution is -2.06. The number of hydrogen-bond donors (Lipinski definition) is 1. The summed E-state index contributed by atoms with van der Waals surface area (Å²) in [5.41, 5.74) is 0. The van der Waals surface area contributed by atoms with Crippen LogP contribution < -0.4 is 0 Å². The summed E-state index contributed by atoms with van der Waals surface area (Å²) in [6.07, 6.45) is 4.20. The van der Waals surface area contributed by atoms with E-state index in [9.17, 15) is 4.79 Å². The molecule has 2 aliphatic rings. The summed E-state index contributed by atoms with van der Waals surface area (Å²) in [5.74, 6) is 1.64. The number of fused-ring (bicyclic) bond motifs is 1. The zero-order valence-electron chi connectivity index (χ0n) is 5.92. The minimum Gasteiger partial charge on any atom is -0.481 e. The Labute approximate surface area is 60.2 Å². The first kappa shape index (κ1) is 6.20. The molecular weight excluding hydrogens is 128 g/mol. The molecule has 0 aromatic carbocycles. The monoisotopic (exact) mass is 140 g/mol. The average Bonchev–Trinajstić information content (AvgIpc) is 2.52. The highest BCUT2D eigenvalue weighted by atomic mass is 16.4. The van der Waals surface area contributed by atoms with Crippen molar-refractivity contribution < 1.29 is 9.90 Å². The van der Waals surface area contributed by atoms with E-state index in [4.69, 9.17) is 5.11 Å². The third-order valence-electron chi connectivity index (χ3n) is 2.93. The molecule has 0 amide bonds. The van der Waals surface area contributed by atoms with E-state index in [2.05, 4.69) is 0 Å². The van der Waals surface area contributed by atoms with Crippen molar-refractivity contribution in [1.29, 1.82) is 0 Å². The first-order valence-corrected chi connectivity index (χ1v) is 3.99. The smallest absolute Gasteiger partial charge is 0.303 e.